The van der Waals surface area contributed by atoms with Crippen LogP contribution in [0.1, 0.15) is 37.5 Å². The average molecular weight is 438 g/mol. The van der Waals surface area contributed by atoms with E-state index in [9.17, 15) is 4.79 Å². The van der Waals surface area contributed by atoms with Crippen LogP contribution in [0, 0.1) is 6.92 Å². The third-order valence-electron chi connectivity index (χ3n) is 5.14. The van der Waals surface area contributed by atoms with Gasteiger partial charge in [-0.2, -0.15) is 0 Å². The van der Waals surface area contributed by atoms with E-state index in [0.29, 0.717) is 26.2 Å². The molecule has 1 saturated heterocycles. The number of hydrogen-bond acceptors (Lipinski definition) is 4. The summed E-state index contributed by atoms with van der Waals surface area (Å²) in [5.74, 6) is 1.74. The van der Waals surface area contributed by atoms with Crippen LogP contribution in [0.5, 0.6) is 5.75 Å². The van der Waals surface area contributed by atoms with Crippen molar-refractivity contribution in [1.29, 1.82) is 0 Å². The maximum Gasteiger partial charge on any atom is 0.239 e. The molecule has 2 aromatic carbocycles. The highest BCUT2D eigenvalue weighted by Crippen LogP contribution is 2.21. The number of nitrogens with one attached hydrogen (secondary N) is 3. The van der Waals surface area contributed by atoms with Gasteiger partial charge >= 0.3 is 0 Å². The third-order valence-corrected chi connectivity index (χ3v) is 5.14. The first-order chi connectivity index (χ1) is 15.4. The standard InChI is InChI=1S/C25H35N5O2/c1-5-26-25(29-16-21-9-6-19(4)14-23(21)32-18(2)3)28-15-20-7-10-22(11-8-20)30-13-12-27-24(31)17-30/h6-11,14,18H,5,12-13,15-17H2,1-4H3,(H,27,31)(H2,26,28,29). The molecular weight excluding hydrogens is 402 g/mol. The molecule has 3 rings (SSSR count). The van der Waals surface area contributed by atoms with Gasteiger partial charge in [-0.1, -0.05) is 24.3 Å². The summed E-state index contributed by atoms with van der Waals surface area (Å²) in [4.78, 5) is 18.4. The minimum atomic E-state index is 0.0711. The van der Waals surface area contributed by atoms with Gasteiger partial charge in [-0.05, 0) is 57.0 Å². The fourth-order valence-electron chi connectivity index (χ4n) is 3.53. The number of guanidine groups is 1. The zero-order chi connectivity index (χ0) is 22.9. The second-order valence-electron chi connectivity index (χ2n) is 8.26. The van der Waals surface area contributed by atoms with E-state index in [0.717, 1.165) is 41.6 Å². The number of anilines is 1. The Morgan fingerprint density at radius 3 is 2.66 bits per heavy atom. The lowest BCUT2D eigenvalue weighted by molar-refractivity contribution is -0.120. The first kappa shape index (κ1) is 23.4. The number of benzene rings is 2. The predicted octanol–water partition coefficient (Wildman–Crippen LogP) is 2.97. The first-order valence-electron chi connectivity index (χ1n) is 11.3. The van der Waals surface area contributed by atoms with E-state index >= 15 is 0 Å². The number of amides is 1. The summed E-state index contributed by atoms with van der Waals surface area (Å²) in [7, 11) is 0. The number of carbonyl (C=O) groups excluding carboxylic acids is 1. The zero-order valence-corrected chi connectivity index (χ0v) is 19.6. The first-order valence-corrected chi connectivity index (χ1v) is 11.3. The van der Waals surface area contributed by atoms with Crippen molar-refractivity contribution < 1.29 is 9.53 Å². The van der Waals surface area contributed by atoms with Gasteiger partial charge in [0.2, 0.25) is 5.91 Å². The van der Waals surface area contributed by atoms with Gasteiger partial charge in [0.05, 0.1) is 19.2 Å². The molecule has 1 aliphatic rings. The molecule has 1 amide bonds. The maximum atomic E-state index is 11.6. The van der Waals surface area contributed by atoms with Gasteiger partial charge in [0.25, 0.3) is 0 Å². The third kappa shape index (κ3) is 6.90. The summed E-state index contributed by atoms with van der Waals surface area (Å²) >= 11 is 0. The highest BCUT2D eigenvalue weighted by atomic mass is 16.5. The van der Waals surface area contributed by atoms with E-state index in [4.69, 9.17) is 9.73 Å². The number of aryl methyl sites for hydroxylation is 1. The van der Waals surface area contributed by atoms with E-state index in [1.807, 2.05) is 13.8 Å². The lowest BCUT2D eigenvalue weighted by atomic mass is 10.1. The molecule has 0 radical (unpaired) electrons. The van der Waals surface area contributed by atoms with E-state index in [2.05, 4.69) is 77.2 Å². The molecule has 2 aromatic rings. The van der Waals surface area contributed by atoms with Gasteiger partial charge in [0.15, 0.2) is 5.96 Å². The quantitative estimate of drug-likeness (QED) is 0.437. The normalized spacial score (nSPS) is 14.3. The molecule has 0 spiro atoms. The van der Waals surface area contributed by atoms with Gasteiger partial charge in [0.1, 0.15) is 5.75 Å². The molecule has 172 valence electrons. The number of aliphatic imine (C=N–C) groups is 1. The monoisotopic (exact) mass is 437 g/mol. The van der Waals surface area contributed by atoms with Gasteiger partial charge in [0, 0.05) is 37.4 Å². The van der Waals surface area contributed by atoms with Crippen LogP contribution >= 0.6 is 0 Å². The van der Waals surface area contributed by atoms with Crippen molar-refractivity contribution in [3.05, 3.63) is 59.2 Å². The largest absolute Gasteiger partial charge is 0.491 e. The molecule has 0 aliphatic carbocycles. The highest BCUT2D eigenvalue weighted by Gasteiger charge is 2.16. The summed E-state index contributed by atoms with van der Waals surface area (Å²) in [6.07, 6.45) is 0.125. The molecule has 1 fully saturated rings. The van der Waals surface area contributed by atoms with Crippen LogP contribution in [0.2, 0.25) is 0 Å². The van der Waals surface area contributed by atoms with Crippen molar-refractivity contribution >= 4 is 17.6 Å². The lowest BCUT2D eigenvalue weighted by Crippen LogP contribution is -2.47. The molecule has 1 heterocycles. The van der Waals surface area contributed by atoms with Crippen LogP contribution in [0.4, 0.5) is 5.69 Å². The van der Waals surface area contributed by atoms with Crippen molar-refractivity contribution in [3.8, 4) is 5.75 Å². The topological polar surface area (TPSA) is 78.0 Å². The second kappa shape index (κ2) is 11.4. The summed E-state index contributed by atoms with van der Waals surface area (Å²) in [6.45, 7) is 12.1. The number of carbonyl (C=O) groups is 1. The molecule has 1 aliphatic heterocycles. The van der Waals surface area contributed by atoms with Crippen LogP contribution in [0.15, 0.2) is 47.5 Å². The van der Waals surface area contributed by atoms with Crippen molar-refractivity contribution in [2.75, 3.05) is 31.1 Å². The molecule has 0 unspecified atom stereocenters. The molecule has 7 nitrogen and oxygen atoms in total. The Labute approximate surface area is 191 Å². The van der Waals surface area contributed by atoms with Crippen LogP contribution in [-0.4, -0.2) is 44.1 Å². The van der Waals surface area contributed by atoms with Crippen molar-refractivity contribution in [2.24, 2.45) is 4.99 Å². The summed E-state index contributed by atoms with van der Waals surface area (Å²) in [5, 5.41) is 9.58. The van der Waals surface area contributed by atoms with E-state index in [1.165, 1.54) is 5.56 Å². The fraction of sp³-hybridized carbons (Fsp3) is 0.440. The minimum Gasteiger partial charge on any atom is -0.491 e. The Kier molecular flexibility index (Phi) is 8.36. The summed E-state index contributed by atoms with van der Waals surface area (Å²) in [6, 6.07) is 14.5. The van der Waals surface area contributed by atoms with Crippen LogP contribution in [0.25, 0.3) is 0 Å². The van der Waals surface area contributed by atoms with Gasteiger partial charge in [-0.3, -0.25) is 4.79 Å². The number of piperazine rings is 1. The SMILES string of the molecule is CCNC(=NCc1ccc(N2CCNC(=O)C2)cc1)NCc1ccc(C)cc1OC(C)C. The Bertz CT molecular complexity index is 924. The molecule has 32 heavy (non-hydrogen) atoms. The maximum absolute atomic E-state index is 11.6. The predicted molar refractivity (Wildman–Crippen MR) is 130 cm³/mol. The summed E-state index contributed by atoms with van der Waals surface area (Å²) in [5.41, 5.74) is 4.46. The number of ether oxygens (including phenoxy) is 1. The van der Waals surface area contributed by atoms with Crippen molar-refractivity contribution in [1.82, 2.24) is 16.0 Å². The van der Waals surface area contributed by atoms with Crippen LogP contribution < -0.4 is 25.6 Å². The molecule has 0 saturated carbocycles. The number of rotatable bonds is 8. The van der Waals surface area contributed by atoms with E-state index in [1.54, 1.807) is 0 Å². The Hall–Kier alpha value is -3.22. The zero-order valence-electron chi connectivity index (χ0n) is 19.6. The second-order valence-corrected chi connectivity index (χ2v) is 8.26. The number of hydrogen-bond donors (Lipinski definition) is 3. The average Bonchev–Trinajstić information content (AvgIpc) is 2.76. The Morgan fingerprint density at radius 2 is 1.97 bits per heavy atom. The highest BCUT2D eigenvalue weighted by molar-refractivity contribution is 5.82. The molecular formula is C25H35N5O2. The van der Waals surface area contributed by atoms with Crippen LogP contribution in [0.3, 0.4) is 0 Å². The Morgan fingerprint density at radius 1 is 1.19 bits per heavy atom. The molecule has 7 heteroatoms. The van der Waals surface area contributed by atoms with Crippen molar-refractivity contribution in [2.45, 2.75) is 46.9 Å². The number of nitrogens with zero attached hydrogens (tertiary/aromatic N) is 2. The van der Waals surface area contributed by atoms with Gasteiger partial charge in [-0.15, -0.1) is 0 Å². The fourth-order valence-corrected chi connectivity index (χ4v) is 3.53. The molecule has 0 bridgehead atoms. The van der Waals surface area contributed by atoms with Gasteiger partial charge < -0.3 is 25.6 Å². The lowest BCUT2D eigenvalue weighted by Gasteiger charge is -2.28. The summed E-state index contributed by atoms with van der Waals surface area (Å²) < 4.78 is 5.99. The molecule has 0 aromatic heterocycles. The molecule has 0 atom stereocenters. The van der Waals surface area contributed by atoms with E-state index in [-0.39, 0.29) is 12.0 Å². The minimum absolute atomic E-state index is 0.0711. The van der Waals surface area contributed by atoms with Crippen molar-refractivity contribution in [3.63, 3.8) is 0 Å². The van der Waals surface area contributed by atoms with Gasteiger partial charge in [-0.25, -0.2) is 4.99 Å². The Balaban J connectivity index is 1.62. The van der Waals surface area contributed by atoms with Crippen LogP contribution in [-0.2, 0) is 17.9 Å². The smallest absolute Gasteiger partial charge is 0.239 e. The van der Waals surface area contributed by atoms with E-state index < -0.39 is 0 Å². The molecule has 3 N–H and O–H groups in total.